The van der Waals surface area contributed by atoms with Gasteiger partial charge in [0.2, 0.25) is 0 Å². The van der Waals surface area contributed by atoms with Crippen LogP contribution in [0.5, 0.6) is 11.5 Å². The second kappa shape index (κ2) is 6.23. The van der Waals surface area contributed by atoms with E-state index in [1.54, 1.807) is 6.92 Å². The van der Waals surface area contributed by atoms with Crippen molar-refractivity contribution in [2.45, 2.75) is 25.6 Å². The lowest BCUT2D eigenvalue weighted by atomic mass is 10.0. The Hall–Kier alpha value is -1.79. The monoisotopic (exact) mass is 256 g/mol. The van der Waals surface area contributed by atoms with E-state index in [0.29, 0.717) is 0 Å². The van der Waals surface area contributed by atoms with E-state index in [-0.39, 0.29) is 30.1 Å². The molecular weight excluding hydrogens is 240 g/mol. The van der Waals surface area contributed by atoms with Gasteiger partial charge in [-0.2, -0.15) is 0 Å². The summed E-state index contributed by atoms with van der Waals surface area (Å²) in [7, 11) is 0. The standard InChI is InChI=1S/C12H16O6/c1-2-18-11(16)6-10(15)12(17)8-4-3-7(13)5-9(8)14/h3-5,10,12-15,17H,2,6H2,1H3. The van der Waals surface area contributed by atoms with E-state index in [4.69, 9.17) is 5.11 Å². The van der Waals surface area contributed by atoms with Gasteiger partial charge in [-0.15, -0.1) is 0 Å². The molecule has 0 saturated carbocycles. The number of ether oxygens (including phenoxy) is 1. The average molecular weight is 256 g/mol. The summed E-state index contributed by atoms with van der Waals surface area (Å²) in [6, 6.07) is 3.56. The largest absolute Gasteiger partial charge is 0.508 e. The highest BCUT2D eigenvalue weighted by Gasteiger charge is 2.24. The Morgan fingerprint density at radius 2 is 2.00 bits per heavy atom. The zero-order chi connectivity index (χ0) is 13.7. The van der Waals surface area contributed by atoms with Crippen LogP contribution in [0.1, 0.15) is 25.0 Å². The number of esters is 1. The summed E-state index contributed by atoms with van der Waals surface area (Å²) in [6.45, 7) is 1.82. The van der Waals surface area contributed by atoms with Gasteiger partial charge in [0.1, 0.15) is 17.6 Å². The van der Waals surface area contributed by atoms with Crippen molar-refractivity contribution in [3.05, 3.63) is 23.8 Å². The molecule has 0 aliphatic rings. The van der Waals surface area contributed by atoms with Gasteiger partial charge in [-0.05, 0) is 19.1 Å². The van der Waals surface area contributed by atoms with Crippen molar-refractivity contribution in [2.75, 3.05) is 6.61 Å². The summed E-state index contributed by atoms with van der Waals surface area (Å²) in [5.74, 6) is -1.16. The number of hydrogen-bond donors (Lipinski definition) is 4. The molecule has 0 heterocycles. The first-order chi connectivity index (χ1) is 8.45. The molecule has 0 saturated heterocycles. The molecular formula is C12H16O6. The van der Waals surface area contributed by atoms with E-state index in [2.05, 4.69) is 4.74 Å². The van der Waals surface area contributed by atoms with E-state index >= 15 is 0 Å². The number of aromatic hydroxyl groups is 2. The smallest absolute Gasteiger partial charge is 0.308 e. The van der Waals surface area contributed by atoms with Crippen LogP contribution in [0.4, 0.5) is 0 Å². The molecule has 100 valence electrons. The molecule has 0 bridgehead atoms. The molecule has 0 radical (unpaired) electrons. The summed E-state index contributed by atoms with van der Waals surface area (Å²) >= 11 is 0. The van der Waals surface area contributed by atoms with Crippen molar-refractivity contribution in [3.63, 3.8) is 0 Å². The van der Waals surface area contributed by atoms with Crippen LogP contribution in [0.15, 0.2) is 18.2 Å². The van der Waals surface area contributed by atoms with Gasteiger partial charge in [0.15, 0.2) is 0 Å². The Morgan fingerprint density at radius 3 is 2.56 bits per heavy atom. The van der Waals surface area contributed by atoms with E-state index in [9.17, 15) is 20.1 Å². The number of hydrogen-bond acceptors (Lipinski definition) is 6. The van der Waals surface area contributed by atoms with Crippen LogP contribution < -0.4 is 0 Å². The molecule has 2 atom stereocenters. The minimum Gasteiger partial charge on any atom is -0.508 e. The van der Waals surface area contributed by atoms with Crippen LogP contribution in [-0.4, -0.2) is 39.1 Å². The van der Waals surface area contributed by atoms with Crippen LogP contribution >= 0.6 is 0 Å². The average Bonchev–Trinajstić information content (AvgIpc) is 2.28. The third kappa shape index (κ3) is 3.61. The first-order valence-electron chi connectivity index (χ1n) is 5.49. The summed E-state index contributed by atoms with van der Waals surface area (Å²) < 4.78 is 4.64. The SMILES string of the molecule is CCOC(=O)CC(O)C(O)c1ccc(O)cc1O. The second-order valence-electron chi connectivity index (χ2n) is 3.76. The lowest BCUT2D eigenvalue weighted by Gasteiger charge is -2.18. The highest BCUT2D eigenvalue weighted by molar-refractivity contribution is 5.70. The predicted molar refractivity (Wildman–Crippen MR) is 62.0 cm³/mol. The number of benzene rings is 1. The van der Waals surface area contributed by atoms with Crippen molar-refractivity contribution in [3.8, 4) is 11.5 Å². The summed E-state index contributed by atoms with van der Waals surface area (Å²) in [5, 5.41) is 38.0. The summed E-state index contributed by atoms with van der Waals surface area (Å²) in [5.41, 5.74) is 0.0320. The predicted octanol–water partition coefficient (Wildman–Crippen LogP) is 0.445. The zero-order valence-corrected chi connectivity index (χ0v) is 9.91. The molecule has 1 aromatic carbocycles. The molecule has 4 N–H and O–H groups in total. The van der Waals surface area contributed by atoms with Gasteiger partial charge < -0.3 is 25.2 Å². The highest BCUT2D eigenvalue weighted by Crippen LogP contribution is 2.30. The van der Waals surface area contributed by atoms with Crippen molar-refractivity contribution in [1.82, 2.24) is 0 Å². The number of carbonyl (C=O) groups excluding carboxylic acids is 1. The normalized spacial score (nSPS) is 13.9. The van der Waals surface area contributed by atoms with Gasteiger partial charge in [-0.3, -0.25) is 4.79 Å². The fraction of sp³-hybridized carbons (Fsp3) is 0.417. The molecule has 6 heteroatoms. The summed E-state index contributed by atoms with van der Waals surface area (Å²) in [6.07, 6.45) is -3.20. The van der Waals surface area contributed by atoms with Crippen LogP contribution in [0, 0.1) is 0 Å². The van der Waals surface area contributed by atoms with Crippen LogP contribution in [0.25, 0.3) is 0 Å². The molecule has 0 aliphatic carbocycles. The number of phenols is 2. The topological polar surface area (TPSA) is 107 Å². The van der Waals surface area contributed by atoms with E-state index in [0.717, 1.165) is 6.07 Å². The van der Waals surface area contributed by atoms with Gasteiger partial charge in [0.05, 0.1) is 19.1 Å². The maximum absolute atomic E-state index is 11.1. The fourth-order valence-electron chi connectivity index (χ4n) is 1.49. The minimum absolute atomic E-state index is 0.0320. The van der Waals surface area contributed by atoms with Crippen LogP contribution in [-0.2, 0) is 9.53 Å². The first kappa shape index (κ1) is 14.3. The van der Waals surface area contributed by atoms with Gasteiger partial charge in [-0.1, -0.05) is 0 Å². The number of phenolic OH excluding ortho intramolecular Hbond substituents is 2. The first-order valence-corrected chi connectivity index (χ1v) is 5.49. The Bertz CT molecular complexity index is 417. The maximum atomic E-state index is 11.1. The molecule has 0 amide bonds. The number of aliphatic hydroxyl groups is 2. The minimum atomic E-state index is -1.44. The third-order valence-electron chi connectivity index (χ3n) is 2.38. The zero-order valence-electron chi connectivity index (χ0n) is 9.91. The number of rotatable bonds is 5. The molecule has 0 aliphatic heterocycles. The van der Waals surface area contributed by atoms with Crippen molar-refractivity contribution in [2.24, 2.45) is 0 Å². The third-order valence-corrected chi connectivity index (χ3v) is 2.38. The quantitative estimate of drug-likeness (QED) is 0.570. The van der Waals surface area contributed by atoms with Gasteiger partial charge in [0, 0.05) is 11.6 Å². The number of carbonyl (C=O) groups is 1. The molecule has 6 nitrogen and oxygen atoms in total. The van der Waals surface area contributed by atoms with Crippen LogP contribution in [0.2, 0.25) is 0 Å². The Labute approximate surface area is 104 Å². The highest BCUT2D eigenvalue weighted by atomic mass is 16.5. The Kier molecular flexibility index (Phi) is 4.94. The maximum Gasteiger partial charge on any atom is 0.308 e. The Balaban J connectivity index is 2.73. The van der Waals surface area contributed by atoms with Crippen molar-refractivity contribution in [1.29, 1.82) is 0 Å². The van der Waals surface area contributed by atoms with Crippen molar-refractivity contribution < 1.29 is 30.0 Å². The summed E-state index contributed by atoms with van der Waals surface area (Å²) in [4.78, 5) is 11.1. The molecule has 2 unspecified atom stereocenters. The molecule has 0 fully saturated rings. The van der Waals surface area contributed by atoms with Crippen LogP contribution in [0.3, 0.4) is 0 Å². The van der Waals surface area contributed by atoms with E-state index in [1.807, 2.05) is 0 Å². The molecule has 0 aromatic heterocycles. The molecule has 1 aromatic rings. The van der Waals surface area contributed by atoms with E-state index < -0.39 is 18.2 Å². The number of aliphatic hydroxyl groups excluding tert-OH is 2. The molecule has 0 spiro atoms. The lowest BCUT2D eigenvalue weighted by Crippen LogP contribution is -2.23. The Morgan fingerprint density at radius 1 is 1.33 bits per heavy atom. The lowest BCUT2D eigenvalue weighted by molar-refractivity contribution is -0.147. The van der Waals surface area contributed by atoms with Gasteiger partial charge in [-0.25, -0.2) is 0 Å². The van der Waals surface area contributed by atoms with Crippen molar-refractivity contribution >= 4 is 5.97 Å². The fourth-order valence-corrected chi connectivity index (χ4v) is 1.49. The molecule has 18 heavy (non-hydrogen) atoms. The van der Waals surface area contributed by atoms with E-state index in [1.165, 1.54) is 12.1 Å². The second-order valence-corrected chi connectivity index (χ2v) is 3.76. The molecule has 1 rings (SSSR count). The van der Waals surface area contributed by atoms with Gasteiger partial charge >= 0.3 is 5.97 Å². The van der Waals surface area contributed by atoms with Gasteiger partial charge in [0.25, 0.3) is 0 Å².